The summed E-state index contributed by atoms with van der Waals surface area (Å²) in [6.45, 7) is 4.74. The molecule has 1 atom stereocenters. The Balaban J connectivity index is 1.34. The first-order chi connectivity index (χ1) is 15.0. The summed E-state index contributed by atoms with van der Waals surface area (Å²) in [7, 11) is 0. The highest BCUT2D eigenvalue weighted by Gasteiger charge is 2.22. The Labute approximate surface area is 183 Å². The van der Waals surface area contributed by atoms with Crippen LogP contribution in [-0.4, -0.2) is 30.5 Å². The highest BCUT2D eigenvalue weighted by Crippen LogP contribution is 2.27. The second-order valence-electron chi connectivity index (χ2n) is 8.00. The van der Waals surface area contributed by atoms with Gasteiger partial charge in [0.05, 0.1) is 17.8 Å². The van der Waals surface area contributed by atoms with E-state index in [9.17, 15) is 4.79 Å². The van der Waals surface area contributed by atoms with Gasteiger partial charge in [-0.05, 0) is 51.0 Å². The molecular formula is C22H23ClN6O2. The smallest absolute Gasteiger partial charge is 0.346 e. The van der Waals surface area contributed by atoms with Gasteiger partial charge >= 0.3 is 5.69 Å². The van der Waals surface area contributed by atoms with Crippen molar-refractivity contribution in [3.8, 4) is 0 Å². The molecule has 0 bridgehead atoms. The largest absolute Gasteiger partial charge is 0.382 e. The Morgan fingerprint density at radius 1 is 1.26 bits per heavy atom. The van der Waals surface area contributed by atoms with Gasteiger partial charge in [-0.3, -0.25) is 9.55 Å². The molecule has 1 aliphatic heterocycles. The van der Waals surface area contributed by atoms with Crippen LogP contribution in [0, 0.1) is 13.8 Å². The Kier molecular flexibility index (Phi) is 5.02. The van der Waals surface area contributed by atoms with Gasteiger partial charge < -0.3 is 9.84 Å². The lowest BCUT2D eigenvalue weighted by Gasteiger charge is -2.19. The molecule has 0 spiro atoms. The van der Waals surface area contributed by atoms with Gasteiger partial charge in [0.1, 0.15) is 11.6 Å². The van der Waals surface area contributed by atoms with Gasteiger partial charge in [-0.15, -0.1) is 0 Å². The standard InChI is InChI=1S/C22H23ClN6O2/c1-13-18(14(2)31-27-13)12-29-22(30)28-10-8-16(4-6-21(28)26-29)25-20-7-9-24-19-5-3-15(23)11-17(19)20/h3,5,7,9,11,16H,4,6,8,10,12H2,1-2H3,(H,24,25). The monoisotopic (exact) mass is 438 g/mol. The number of fused-ring (bicyclic) bond motifs is 2. The third-order valence-corrected chi connectivity index (χ3v) is 6.20. The molecule has 1 aromatic carbocycles. The van der Waals surface area contributed by atoms with Crippen LogP contribution in [0.2, 0.25) is 5.02 Å². The van der Waals surface area contributed by atoms with Gasteiger partial charge in [-0.25, -0.2) is 9.48 Å². The van der Waals surface area contributed by atoms with Crippen LogP contribution in [0.4, 0.5) is 5.69 Å². The number of benzene rings is 1. The fraction of sp³-hybridized carbons (Fsp3) is 0.364. The van der Waals surface area contributed by atoms with Crippen LogP contribution >= 0.6 is 11.6 Å². The molecule has 4 aromatic rings. The number of aryl methyl sites for hydroxylation is 3. The molecule has 160 valence electrons. The third-order valence-electron chi connectivity index (χ3n) is 5.97. The van der Waals surface area contributed by atoms with E-state index in [2.05, 4.69) is 20.6 Å². The Hall–Kier alpha value is -3.13. The van der Waals surface area contributed by atoms with Crippen molar-refractivity contribution in [2.75, 3.05) is 5.32 Å². The average molecular weight is 439 g/mol. The van der Waals surface area contributed by atoms with E-state index in [0.29, 0.717) is 18.1 Å². The molecule has 4 heterocycles. The Morgan fingerprint density at radius 2 is 2.13 bits per heavy atom. The molecule has 9 heteroatoms. The summed E-state index contributed by atoms with van der Waals surface area (Å²) in [6, 6.07) is 7.90. The highest BCUT2D eigenvalue weighted by molar-refractivity contribution is 6.31. The molecule has 1 aliphatic rings. The lowest BCUT2D eigenvalue weighted by Crippen LogP contribution is -2.27. The topological polar surface area (TPSA) is 90.8 Å². The van der Waals surface area contributed by atoms with Gasteiger partial charge in [0.2, 0.25) is 0 Å². The normalized spacial score (nSPS) is 16.3. The van der Waals surface area contributed by atoms with Gasteiger partial charge in [0.15, 0.2) is 0 Å². The molecule has 0 amide bonds. The van der Waals surface area contributed by atoms with Crippen LogP contribution in [0.25, 0.3) is 10.9 Å². The molecule has 0 saturated heterocycles. The first-order valence-corrected chi connectivity index (χ1v) is 10.8. The molecular weight excluding hydrogens is 416 g/mol. The summed E-state index contributed by atoms with van der Waals surface area (Å²) < 4.78 is 8.53. The van der Waals surface area contributed by atoms with Crippen LogP contribution in [0.5, 0.6) is 0 Å². The number of nitrogens with zero attached hydrogens (tertiary/aromatic N) is 5. The number of rotatable bonds is 4. The van der Waals surface area contributed by atoms with E-state index >= 15 is 0 Å². The van der Waals surface area contributed by atoms with Crippen LogP contribution in [0.1, 0.15) is 35.7 Å². The minimum absolute atomic E-state index is 0.0863. The Morgan fingerprint density at radius 3 is 2.94 bits per heavy atom. The fourth-order valence-corrected chi connectivity index (χ4v) is 4.39. The number of aromatic nitrogens is 5. The number of hydrogen-bond acceptors (Lipinski definition) is 6. The number of nitrogens with one attached hydrogen (secondary N) is 1. The maximum Gasteiger partial charge on any atom is 0.346 e. The summed E-state index contributed by atoms with van der Waals surface area (Å²) in [5.74, 6) is 1.55. The Bertz CT molecular complexity index is 1300. The summed E-state index contributed by atoms with van der Waals surface area (Å²) in [5.41, 5.74) is 3.53. The lowest BCUT2D eigenvalue weighted by atomic mass is 10.1. The van der Waals surface area contributed by atoms with E-state index in [0.717, 1.165) is 58.7 Å². The second kappa shape index (κ2) is 7.85. The molecule has 0 aliphatic carbocycles. The van der Waals surface area contributed by atoms with Crippen molar-refractivity contribution in [1.29, 1.82) is 0 Å². The summed E-state index contributed by atoms with van der Waals surface area (Å²) in [5, 5.41) is 13.9. The highest BCUT2D eigenvalue weighted by atomic mass is 35.5. The summed E-state index contributed by atoms with van der Waals surface area (Å²) in [6.07, 6.45) is 4.24. The lowest BCUT2D eigenvalue weighted by molar-refractivity contribution is 0.391. The molecule has 5 rings (SSSR count). The summed E-state index contributed by atoms with van der Waals surface area (Å²) >= 11 is 6.19. The van der Waals surface area contributed by atoms with Crippen molar-refractivity contribution in [2.45, 2.75) is 52.2 Å². The first-order valence-electron chi connectivity index (χ1n) is 10.4. The molecule has 3 aromatic heterocycles. The van der Waals surface area contributed by atoms with Crippen LogP contribution < -0.4 is 11.0 Å². The van der Waals surface area contributed by atoms with Crippen LogP contribution in [-0.2, 0) is 19.5 Å². The number of halogens is 1. The average Bonchev–Trinajstić information content (AvgIpc) is 3.14. The van der Waals surface area contributed by atoms with Gasteiger partial charge in [0, 0.05) is 46.9 Å². The maximum absolute atomic E-state index is 13.0. The maximum atomic E-state index is 13.0. The third kappa shape index (κ3) is 3.72. The van der Waals surface area contributed by atoms with Crippen molar-refractivity contribution in [3.05, 3.63) is 68.8 Å². The van der Waals surface area contributed by atoms with Crippen molar-refractivity contribution in [2.24, 2.45) is 0 Å². The SMILES string of the molecule is Cc1noc(C)c1Cn1nc2n(c1=O)CCC(Nc1ccnc3ccc(Cl)cc13)CC2. The predicted molar refractivity (Wildman–Crippen MR) is 119 cm³/mol. The van der Waals surface area contributed by atoms with E-state index in [4.69, 9.17) is 16.1 Å². The number of pyridine rings is 1. The predicted octanol–water partition coefficient (Wildman–Crippen LogP) is 3.72. The second-order valence-corrected chi connectivity index (χ2v) is 8.44. The van der Waals surface area contributed by atoms with Crippen LogP contribution in [0.3, 0.4) is 0 Å². The minimum atomic E-state index is -0.0863. The van der Waals surface area contributed by atoms with Gasteiger partial charge in [0.25, 0.3) is 0 Å². The van der Waals surface area contributed by atoms with Crippen molar-refractivity contribution in [3.63, 3.8) is 0 Å². The summed E-state index contributed by atoms with van der Waals surface area (Å²) in [4.78, 5) is 17.4. The zero-order valence-electron chi connectivity index (χ0n) is 17.4. The molecule has 8 nitrogen and oxygen atoms in total. The molecule has 31 heavy (non-hydrogen) atoms. The number of anilines is 1. The molecule has 0 radical (unpaired) electrons. The first kappa shape index (κ1) is 19.8. The van der Waals surface area contributed by atoms with Crippen molar-refractivity contribution >= 4 is 28.2 Å². The molecule has 0 saturated carbocycles. The minimum Gasteiger partial charge on any atom is -0.382 e. The van der Waals surface area contributed by atoms with E-state index < -0.39 is 0 Å². The van der Waals surface area contributed by atoms with E-state index in [1.54, 1.807) is 10.8 Å². The van der Waals surface area contributed by atoms with Gasteiger partial charge in [-0.2, -0.15) is 5.10 Å². The van der Waals surface area contributed by atoms with E-state index in [-0.39, 0.29) is 11.7 Å². The molecule has 0 fully saturated rings. The zero-order chi connectivity index (χ0) is 21.5. The van der Waals surface area contributed by atoms with Crippen molar-refractivity contribution in [1.82, 2.24) is 24.5 Å². The zero-order valence-corrected chi connectivity index (χ0v) is 18.2. The van der Waals surface area contributed by atoms with E-state index in [1.165, 1.54) is 4.68 Å². The molecule has 1 unspecified atom stereocenters. The van der Waals surface area contributed by atoms with Crippen LogP contribution in [0.15, 0.2) is 39.8 Å². The molecule has 1 N–H and O–H groups in total. The van der Waals surface area contributed by atoms with E-state index in [1.807, 2.05) is 38.1 Å². The van der Waals surface area contributed by atoms with Crippen molar-refractivity contribution < 1.29 is 4.52 Å². The number of hydrogen-bond donors (Lipinski definition) is 1. The quantitative estimate of drug-likeness (QED) is 0.522. The van der Waals surface area contributed by atoms with Gasteiger partial charge in [-0.1, -0.05) is 16.8 Å². The fourth-order valence-electron chi connectivity index (χ4n) is 4.22.